The van der Waals surface area contributed by atoms with Crippen LogP contribution in [0.2, 0.25) is 0 Å². The third-order valence-corrected chi connectivity index (χ3v) is 2.90. The lowest BCUT2D eigenvalue weighted by atomic mass is 10.1. The quantitative estimate of drug-likeness (QED) is 0.822. The Morgan fingerprint density at radius 3 is 2.88 bits per heavy atom. The van der Waals surface area contributed by atoms with Gasteiger partial charge in [-0.05, 0) is 18.1 Å². The van der Waals surface area contributed by atoms with Gasteiger partial charge in [0.05, 0.1) is 5.52 Å². The summed E-state index contributed by atoms with van der Waals surface area (Å²) in [5.74, 6) is -0.923. The first kappa shape index (κ1) is 11.5. The number of nitrogens with zero attached hydrogens (tertiary/aromatic N) is 1. The van der Waals surface area contributed by atoms with Crippen molar-refractivity contribution in [2.24, 2.45) is 7.05 Å². The van der Waals surface area contributed by atoms with Gasteiger partial charge in [-0.15, -0.1) is 0 Å². The second-order valence-corrected chi connectivity index (χ2v) is 4.03. The predicted octanol–water partition coefficient (Wildman–Crippen LogP) is 2.84. The van der Waals surface area contributed by atoms with Crippen LogP contribution in [0.1, 0.15) is 18.1 Å². The molecule has 0 saturated carbocycles. The molecule has 0 aliphatic carbocycles. The Hall–Kier alpha value is -2.03. The van der Waals surface area contributed by atoms with Crippen molar-refractivity contribution in [3.8, 4) is 0 Å². The molecule has 2 aromatic rings. The SMILES string of the molecule is CCc1cccc2c(/C=C/C(=O)O)cn(C)c12. The molecular formula is C14H15NO2. The van der Waals surface area contributed by atoms with Crippen LogP contribution >= 0.6 is 0 Å². The van der Waals surface area contributed by atoms with Crippen molar-refractivity contribution in [1.29, 1.82) is 0 Å². The first-order chi connectivity index (χ1) is 8.13. The van der Waals surface area contributed by atoms with Crippen LogP contribution in [-0.4, -0.2) is 15.6 Å². The van der Waals surface area contributed by atoms with Crippen molar-refractivity contribution in [3.05, 3.63) is 41.6 Å². The highest BCUT2D eigenvalue weighted by atomic mass is 16.4. The van der Waals surface area contributed by atoms with Crippen molar-refractivity contribution in [2.45, 2.75) is 13.3 Å². The van der Waals surface area contributed by atoms with Gasteiger partial charge in [-0.2, -0.15) is 0 Å². The number of aryl methyl sites for hydroxylation is 2. The molecule has 1 heterocycles. The standard InChI is InChI=1S/C14H15NO2/c1-3-10-5-4-6-12-11(7-8-13(16)17)9-15(2)14(10)12/h4-9H,3H2,1-2H3,(H,16,17)/b8-7+. The first-order valence-electron chi connectivity index (χ1n) is 5.61. The van der Waals surface area contributed by atoms with E-state index in [2.05, 4.69) is 17.6 Å². The van der Waals surface area contributed by atoms with Gasteiger partial charge in [-0.3, -0.25) is 0 Å². The summed E-state index contributed by atoms with van der Waals surface area (Å²) in [7, 11) is 1.99. The minimum Gasteiger partial charge on any atom is -0.478 e. The molecule has 0 amide bonds. The van der Waals surface area contributed by atoms with Gasteiger partial charge in [-0.25, -0.2) is 4.79 Å². The van der Waals surface area contributed by atoms with E-state index in [0.717, 1.165) is 17.4 Å². The zero-order valence-corrected chi connectivity index (χ0v) is 9.97. The lowest BCUT2D eigenvalue weighted by molar-refractivity contribution is -0.131. The Bertz CT molecular complexity index is 594. The summed E-state index contributed by atoms with van der Waals surface area (Å²) in [6.45, 7) is 2.12. The van der Waals surface area contributed by atoms with Crippen LogP contribution in [0.15, 0.2) is 30.5 Å². The summed E-state index contributed by atoms with van der Waals surface area (Å²) in [4.78, 5) is 10.5. The monoisotopic (exact) mass is 229 g/mol. The van der Waals surface area contributed by atoms with Crippen LogP contribution in [0.5, 0.6) is 0 Å². The number of hydrogen-bond donors (Lipinski definition) is 1. The van der Waals surface area contributed by atoms with E-state index in [0.29, 0.717) is 0 Å². The van der Waals surface area contributed by atoms with Crippen LogP contribution in [0, 0.1) is 0 Å². The molecule has 0 radical (unpaired) electrons. The number of rotatable bonds is 3. The van der Waals surface area contributed by atoms with Gasteiger partial charge >= 0.3 is 5.97 Å². The van der Waals surface area contributed by atoms with Crippen molar-refractivity contribution in [2.75, 3.05) is 0 Å². The summed E-state index contributed by atoms with van der Waals surface area (Å²) in [5, 5.41) is 9.76. The third-order valence-electron chi connectivity index (χ3n) is 2.90. The Morgan fingerprint density at radius 1 is 1.47 bits per heavy atom. The number of aliphatic carboxylic acids is 1. The maximum absolute atomic E-state index is 10.5. The molecule has 0 spiro atoms. The second kappa shape index (κ2) is 4.45. The molecule has 0 unspecified atom stereocenters. The average molecular weight is 229 g/mol. The fraction of sp³-hybridized carbons (Fsp3) is 0.214. The van der Waals surface area contributed by atoms with E-state index in [4.69, 9.17) is 5.11 Å². The fourth-order valence-corrected chi connectivity index (χ4v) is 2.16. The highest BCUT2D eigenvalue weighted by Gasteiger charge is 2.07. The average Bonchev–Trinajstić information content (AvgIpc) is 2.64. The normalized spacial score (nSPS) is 11.4. The Morgan fingerprint density at radius 2 is 2.24 bits per heavy atom. The van der Waals surface area contributed by atoms with Gasteiger partial charge in [-0.1, -0.05) is 25.1 Å². The molecule has 1 aromatic heterocycles. The molecule has 2 rings (SSSR count). The number of carbonyl (C=O) groups is 1. The molecule has 88 valence electrons. The third kappa shape index (κ3) is 2.09. The smallest absolute Gasteiger partial charge is 0.328 e. The second-order valence-electron chi connectivity index (χ2n) is 4.03. The number of fused-ring (bicyclic) bond motifs is 1. The molecule has 3 nitrogen and oxygen atoms in total. The number of aromatic nitrogens is 1. The minimum atomic E-state index is -0.923. The summed E-state index contributed by atoms with van der Waals surface area (Å²) >= 11 is 0. The number of carboxylic acids is 1. The lowest BCUT2D eigenvalue weighted by Gasteiger charge is -2.02. The number of para-hydroxylation sites is 1. The zero-order chi connectivity index (χ0) is 12.4. The number of carboxylic acid groups (broad SMARTS) is 1. The van der Waals surface area contributed by atoms with Crippen molar-refractivity contribution >= 4 is 22.9 Å². The lowest BCUT2D eigenvalue weighted by Crippen LogP contribution is -1.89. The topological polar surface area (TPSA) is 42.2 Å². The molecule has 1 aromatic carbocycles. The maximum atomic E-state index is 10.5. The van der Waals surface area contributed by atoms with E-state index < -0.39 is 5.97 Å². The molecule has 0 saturated heterocycles. The number of hydrogen-bond acceptors (Lipinski definition) is 1. The fourth-order valence-electron chi connectivity index (χ4n) is 2.16. The Kier molecular flexibility index (Phi) is 3.00. The molecule has 17 heavy (non-hydrogen) atoms. The minimum absolute atomic E-state index is 0.923. The van der Waals surface area contributed by atoms with Crippen molar-refractivity contribution in [1.82, 2.24) is 4.57 Å². The van der Waals surface area contributed by atoms with Gasteiger partial charge < -0.3 is 9.67 Å². The molecule has 0 bridgehead atoms. The van der Waals surface area contributed by atoms with E-state index in [1.54, 1.807) is 6.08 Å². The van der Waals surface area contributed by atoms with E-state index >= 15 is 0 Å². The molecule has 0 aliphatic rings. The summed E-state index contributed by atoms with van der Waals surface area (Å²) in [6.07, 6.45) is 5.75. The predicted molar refractivity (Wildman–Crippen MR) is 69.0 cm³/mol. The summed E-state index contributed by atoms with van der Waals surface area (Å²) < 4.78 is 2.05. The number of benzene rings is 1. The molecule has 1 N–H and O–H groups in total. The highest BCUT2D eigenvalue weighted by Crippen LogP contribution is 2.25. The van der Waals surface area contributed by atoms with Crippen LogP contribution in [0.25, 0.3) is 17.0 Å². The Labute approximate surface area is 100.0 Å². The van der Waals surface area contributed by atoms with E-state index in [1.807, 2.05) is 25.4 Å². The van der Waals surface area contributed by atoms with Crippen molar-refractivity contribution < 1.29 is 9.90 Å². The molecular weight excluding hydrogens is 214 g/mol. The van der Waals surface area contributed by atoms with Gasteiger partial charge in [0.25, 0.3) is 0 Å². The molecule has 0 aliphatic heterocycles. The highest BCUT2D eigenvalue weighted by molar-refractivity contribution is 5.95. The molecule has 0 atom stereocenters. The summed E-state index contributed by atoms with van der Waals surface area (Å²) in [6, 6.07) is 6.14. The van der Waals surface area contributed by atoms with Crippen LogP contribution in [0.4, 0.5) is 0 Å². The summed E-state index contributed by atoms with van der Waals surface area (Å²) in [5.41, 5.74) is 3.40. The van der Waals surface area contributed by atoms with Gasteiger partial charge in [0, 0.05) is 30.3 Å². The van der Waals surface area contributed by atoms with Gasteiger partial charge in [0.15, 0.2) is 0 Å². The maximum Gasteiger partial charge on any atom is 0.328 e. The molecule has 0 fully saturated rings. The van der Waals surface area contributed by atoms with E-state index in [9.17, 15) is 4.79 Å². The zero-order valence-electron chi connectivity index (χ0n) is 9.97. The van der Waals surface area contributed by atoms with Crippen LogP contribution < -0.4 is 0 Å². The van der Waals surface area contributed by atoms with Crippen LogP contribution in [-0.2, 0) is 18.3 Å². The first-order valence-corrected chi connectivity index (χ1v) is 5.61. The van der Waals surface area contributed by atoms with Crippen molar-refractivity contribution in [3.63, 3.8) is 0 Å². The largest absolute Gasteiger partial charge is 0.478 e. The van der Waals surface area contributed by atoms with Crippen LogP contribution in [0.3, 0.4) is 0 Å². The Balaban J connectivity index is 2.64. The van der Waals surface area contributed by atoms with Gasteiger partial charge in [0.2, 0.25) is 0 Å². The molecule has 3 heteroatoms. The van der Waals surface area contributed by atoms with Gasteiger partial charge in [0.1, 0.15) is 0 Å². The van der Waals surface area contributed by atoms with E-state index in [1.165, 1.54) is 17.2 Å². The van der Waals surface area contributed by atoms with E-state index in [-0.39, 0.29) is 0 Å².